The summed E-state index contributed by atoms with van der Waals surface area (Å²) in [7, 11) is 1.63. The van der Waals surface area contributed by atoms with Crippen LogP contribution in [0, 0.1) is 6.92 Å². The zero-order valence-corrected chi connectivity index (χ0v) is 14.8. The van der Waals surface area contributed by atoms with E-state index in [1.165, 1.54) is 0 Å². The van der Waals surface area contributed by atoms with Gasteiger partial charge in [0, 0.05) is 11.4 Å². The van der Waals surface area contributed by atoms with E-state index in [9.17, 15) is 4.79 Å². The molecule has 24 heavy (non-hydrogen) atoms. The Bertz CT molecular complexity index is 704. The minimum Gasteiger partial charge on any atom is -0.497 e. The van der Waals surface area contributed by atoms with E-state index < -0.39 is 0 Å². The van der Waals surface area contributed by atoms with E-state index in [2.05, 4.69) is 5.32 Å². The van der Waals surface area contributed by atoms with Crippen LogP contribution in [0.3, 0.4) is 0 Å². The van der Waals surface area contributed by atoms with Crippen LogP contribution in [0.5, 0.6) is 5.75 Å². The van der Waals surface area contributed by atoms with E-state index in [4.69, 9.17) is 22.1 Å². The molecule has 0 bridgehead atoms. The number of benzene rings is 2. The Morgan fingerprint density at radius 1 is 1.25 bits per heavy atom. The van der Waals surface area contributed by atoms with E-state index in [1.807, 2.05) is 49.4 Å². The molecule has 3 N–H and O–H groups in total. The third kappa shape index (κ3) is 4.49. The van der Waals surface area contributed by atoms with Crippen molar-refractivity contribution in [1.29, 1.82) is 0 Å². The lowest BCUT2D eigenvalue weighted by atomic mass is 9.94. The molecule has 1 unspecified atom stereocenters. The Balaban J connectivity index is 2.39. The molecular formula is C19H23ClN2O2. The van der Waals surface area contributed by atoms with Gasteiger partial charge in [-0.1, -0.05) is 35.9 Å². The van der Waals surface area contributed by atoms with Crippen molar-refractivity contribution < 1.29 is 9.53 Å². The van der Waals surface area contributed by atoms with Crippen molar-refractivity contribution in [3.63, 3.8) is 0 Å². The van der Waals surface area contributed by atoms with Crippen LogP contribution in [0.4, 0.5) is 0 Å². The van der Waals surface area contributed by atoms with E-state index in [0.29, 0.717) is 24.4 Å². The number of hydrogen-bond acceptors (Lipinski definition) is 3. The summed E-state index contributed by atoms with van der Waals surface area (Å²) in [6, 6.07) is 13.0. The Morgan fingerprint density at radius 2 is 2.00 bits per heavy atom. The second-order valence-corrected chi connectivity index (χ2v) is 6.04. The largest absolute Gasteiger partial charge is 0.497 e. The number of carbonyl (C=O) groups excluding carboxylic acids is 1. The number of halogens is 1. The van der Waals surface area contributed by atoms with Crippen molar-refractivity contribution in [2.45, 2.75) is 25.8 Å². The number of aryl methyl sites for hydroxylation is 1. The molecule has 0 aromatic heterocycles. The number of nitrogens with one attached hydrogen (secondary N) is 1. The molecule has 0 aliphatic rings. The van der Waals surface area contributed by atoms with Crippen LogP contribution in [0.25, 0.3) is 0 Å². The van der Waals surface area contributed by atoms with Gasteiger partial charge in [0.05, 0.1) is 13.2 Å². The van der Waals surface area contributed by atoms with Crippen molar-refractivity contribution in [1.82, 2.24) is 5.32 Å². The Morgan fingerprint density at radius 3 is 2.62 bits per heavy atom. The molecule has 128 valence electrons. The number of carbonyl (C=O) groups is 1. The second kappa shape index (κ2) is 8.71. The fourth-order valence-corrected chi connectivity index (χ4v) is 2.87. The van der Waals surface area contributed by atoms with Gasteiger partial charge < -0.3 is 15.8 Å². The number of amides is 1. The SMILES string of the molecule is COc1ccc(C(NC(=O)CCCN)c2ccccc2Cl)c(C)c1. The molecule has 0 aliphatic heterocycles. The van der Waals surface area contributed by atoms with Gasteiger partial charge in [-0.2, -0.15) is 0 Å². The van der Waals surface area contributed by atoms with E-state index in [0.717, 1.165) is 22.4 Å². The molecule has 2 aromatic carbocycles. The minimum absolute atomic E-state index is 0.0411. The third-order valence-corrected chi connectivity index (χ3v) is 4.26. The van der Waals surface area contributed by atoms with E-state index in [1.54, 1.807) is 7.11 Å². The van der Waals surface area contributed by atoms with Crippen LogP contribution in [-0.4, -0.2) is 19.6 Å². The summed E-state index contributed by atoms with van der Waals surface area (Å²) >= 11 is 6.37. The lowest BCUT2D eigenvalue weighted by Crippen LogP contribution is -2.30. The summed E-state index contributed by atoms with van der Waals surface area (Å²) in [4.78, 5) is 12.3. The molecule has 0 spiro atoms. The van der Waals surface area contributed by atoms with Gasteiger partial charge in [-0.05, 0) is 54.8 Å². The van der Waals surface area contributed by atoms with Crippen LogP contribution in [0.2, 0.25) is 5.02 Å². The summed E-state index contributed by atoms with van der Waals surface area (Å²) in [6.45, 7) is 2.49. The lowest BCUT2D eigenvalue weighted by Gasteiger charge is -2.23. The average Bonchev–Trinajstić information content (AvgIpc) is 2.58. The van der Waals surface area contributed by atoms with Crippen LogP contribution < -0.4 is 15.8 Å². The van der Waals surface area contributed by atoms with Gasteiger partial charge in [0.25, 0.3) is 0 Å². The molecule has 1 amide bonds. The number of rotatable bonds is 7. The standard InChI is InChI=1S/C19H23ClN2O2/c1-13-12-14(24-2)9-10-15(13)19(22-18(23)8-5-11-21)16-6-3-4-7-17(16)20/h3-4,6-7,9-10,12,19H,5,8,11,21H2,1-2H3,(H,22,23). The first-order chi connectivity index (χ1) is 11.6. The summed E-state index contributed by atoms with van der Waals surface area (Å²) in [5.74, 6) is 0.740. The monoisotopic (exact) mass is 346 g/mol. The molecule has 1 atom stereocenters. The van der Waals surface area contributed by atoms with Crippen molar-refractivity contribution in [2.75, 3.05) is 13.7 Å². The highest BCUT2D eigenvalue weighted by molar-refractivity contribution is 6.31. The maximum Gasteiger partial charge on any atom is 0.220 e. The van der Waals surface area contributed by atoms with E-state index in [-0.39, 0.29) is 11.9 Å². The molecule has 0 radical (unpaired) electrons. The average molecular weight is 347 g/mol. The van der Waals surface area contributed by atoms with Crippen molar-refractivity contribution in [3.05, 3.63) is 64.2 Å². The lowest BCUT2D eigenvalue weighted by molar-refractivity contribution is -0.121. The first kappa shape index (κ1) is 18.3. The fourth-order valence-electron chi connectivity index (χ4n) is 2.63. The van der Waals surface area contributed by atoms with Crippen LogP contribution in [0.1, 0.15) is 35.6 Å². The molecule has 0 aliphatic carbocycles. The summed E-state index contributed by atoms with van der Waals surface area (Å²) in [5.41, 5.74) is 8.38. The summed E-state index contributed by atoms with van der Waals surface area (Å²) in [5, 5.41) is 3.71. The van der Waals surface area contributed by atoms with Crippen LogP contribution in [-0.2, 0) is 4.79 Å². The van der Waals surface area contributed by atoms with E-state index >= 15 is 0 Å². The van der Waals surface area contributed by atoms with Crippen molar-refractivity contribution in [3.8, 4) is 5.75 Å². The highest BCUT2D eigenvalue weighted by Crippen LogP contribution is 2.31. The number of methoxy groups -OCH3 is 1. The summed E-state index contributed by atoms with van der Waals surface area (Å²) in [6.07, 6.45) is 1.05. The molecule has 0 heterocycles. The van der Waals surface area contributed by atoms with Gasteiger partial charge >= 0.3 is 0 Å². The molecule has 0 saturated carbocycles. The minimum atomic E-state index is -0.310. The Hall–Kier alpha value is -2.04. The van der Waals surface area contributed by atoms with Gasteiger partial charge in [0.1, 0.15) is 5.75 Å². The zero-order chi connectivity index (χ0) is 17.5. The molecule has 5 heteroatoms. The molecule has 2 aromatic rings. The van der Waals surface area contributed by atoms with Crippen molar-refractivity contribution >= 4 is 17.5 Å². The molecule has 0 saturated heterocycles. The first-order valence-corrected chi connectivity index (χ1v) is 8.33. The molecule has 4 nitrogen and oxygen atoms in total. The van der Waals surface area contributed by atoms with Gasteiger partial charge in [0.15, 0.2) is 0 Å². The van der Waals surface area contributed by atoms with Gasteiger partial charge in [0.2, 0.25) is 5.91 Å². The predicted molar refractivity (Wildman–Crippen MR) is 97.5 cm³/mol. The fraction of sp³-hybridized carbons (Fsp3) is 0.316. The maximum absolute atomic E-state index is 12.3. The molecule has 2 rings (SSSR count). The highest BCUT2D eigenvalue weighted by Gasteiger charge is 2.21. The highest BCUT2D eigenvalue weighted by atomic mass is 35.5. The number of nitrogens with two attached hydrogens (primary N) is 1. The van der Waals surface area contributed by atoms with Gasteiger partial charge in [-0.3, -0.25) is 4.79 Å². The number of ether oxygens (including phenoxy) is 1. The third-order valence-electron chi connectivity index (χ3n) is 3.92. The topological polar surface area (TPSA) is 64.3 Å². The quantitative estimate of drug-likeness (QED) is 0.805. The Labute approximate surface area is 148 Å². The zero-order valence-electron chi connectivity index (χ0n) is 14.0. The Kier molecular flexibility index (Phi) is 6.64. The second-order valence-electron chi connectivity index (χ2n) is 5.64. The first-order valence-electron chi connectivity index (χ1n) is 7.95. The smallest absolute Gasteiger partial charge is 0.220 e. The molecule has 0 fully saturated rings. The van der Waals surface area contributed by atoms with Crippen LogP contribution in [0.15, 0.2) is 42.5 Å². The van der Waals surface area contributed by atoms with Gasteiger partial charge in [-0.15, -0.1) is 0 Å². The molecular weight excluding hydrogens is 324 g/mol. The normalized spacial score (nSPS) is 11.8. The summed E-state index contributed by atoms with van der Waals surface area (Å²) < 4.78 is 5.27. The van der Waals surface area contributed by atoms with Crippen molar-refractivity contribution in [2.24, 2.45) is 5.73 Å². The van der Waals surface area contributed by atoms with Crippen LogP contribution >= 0.6 is 11.6 Å². The predicted octanol–water partition coefficient (Wildman–Crippen LogP) is 3.60. The maximum atomic E-state index is 12.3. The number of hydrogen-bond donors (Lipinski definition) is 2. The van der Waals surface area contributed by atoms with Gasteiger partial charge in [-0.25, -0.2) is 0 Å².